The molecule has 120 valence electrons. The van der Waals surface area contributed by atoms with E-state index in [1.165, 1.54) is 0 Å². The van der Waals surface area contributed by atoms with Gasteiger partial charge in [0.05, 0.1) is 5.92 Å². The first-order valence-electron chi connectivity index (χ1n) is 7.35. The summed E-state index contributed by atoms with van der Waals surface area (Å²) in [5.41, 5.74) is 3.28. The maximum atomic E-state index is 11.9. The van der Waals surface area contributed by atoms with Crippen molar-refractivity contribution >= 4 is 24.5 Å². The van der Waals surface area contributed by atoms with Crippen LogP contribution in [-0.4, -0.2) is 29.3 Å². The Morgan fingerprint density at radius 1 is 1.00 bits per heavy atom. The minimum atomic E-state index is -1.05. The molecule has 0 radical (unpaired) electrons. The molecule has 1 atom stereocenters. The first-order chi connectivity index (χ1) is 11.1. The molecule has 1 unspecified atom stereocenters. The second kappa shape index (κ2) is 8.39. The topological polar surface area (TPSA) is 66.4 Å². The Morgan fingerprint density at radius 3 is 2.17 bits per heavy atom. The van der Waals surface area contributed by atoms with Gasteiger partial charge in [-0.2, -0.15) is 12.6 Å². The maximum Gasteiger partial charge on any atom is 0.322 e. The molecule has 0 aliphatic carbocycles. The monoisotopic (exact) mass is 329 g/mol. The number of thiol groups is 1. The van der Waals surface area contributed by atoms with Gasteiger partial charge in [-0.15, -0.1) is 0 Å². The van der Waals surface area contributed by atoms with E-state index >= 15 is 0 Å². The Morgan fingerprint density at radius 2 is 1.61 bits per heavy atom. The van der Waals surface area contributed by atoms with E-state index in [4.69, 9.17) is 5.11 Å². The van der Waals surface area contributed by atoms with Crippen molar-refractivity contribution in [3.63, 3.8) is 0 Å². The predicted octanol–water partition coefficient (Wildman–Crippen LogP) is 2.64. The van der Waals surface area contributed by atoms with E-state index in [0.717, 1.165) is 16.7 Å². The fraction of sp³-hybridized carbons (Fsp3) is 0.222. The molecule has 0 saturated carbocycles. The van der Waals surface area contributed by atoms with Crippen molar-refractivity contribution in [3.05, 3.63) is 60.2 Å². The molecule has 0 spiro atoms. The van der Waals surface area contributed by atoms with Crippen molar-refractivity contribution in [3.8, 4) is 11.1 Å². The summed E-state index contributed by atoms with van der Waals surface area (Å²) in [6, 6.07) is 18.1. The Kier molecular flexibility index (Phi) is 6.23. The average Bonchev–Trinajstić information content (AvgIpc) is 2.59. The van der Waals surface area contributed by atoms with Crippen LogP contribution in [-0.2, 0) is 16.0 Å². The summed E-state index contributed by atoms with van der Waals surface area (Å²) in [5, 5.41) is 11.0. The molecule has 0 aliphatic heterocycles. The molecule has 2 aromatic rings. The highest BCUT2D eigenvalue weighted by molar-refractivity contribution is 7.80. The second-order valence-corrected chi connectivity index (χ2v) is 5.62. The van der Waals surface area contributed by atoms with E-state index in [1.807, 2.05) is 54.6 Å². The Bertz CT molecular complexity index is 656. The lowest BCUT2D eigenvalue weighted by Gasteiger charge is -2.14. The van der Waals surface area contributed by atoms with Crippen molar-refractivity contribution in [2.45, 2.75) is 6.42 Å². The van der Waals surface area contributed by atoms with Crippen LogP contribution in [0.5, 0.6) is 0 Å². The van der Waals surface area contributed by atoms with Gasteiger partial charge in [0.25, 0.3) is 0 Å². The van der Waals surface area contributed by atoms with E-state index in [2.05, 4.69) is 17.9 Å². The van der Waals surface area contributed by atoms with Crippen molar-refractivity contribution in [2.75, 3.05) is 12.3 Å². The molecule has 2 rings (SSSR count). The van der Waals surface area contributed by atoms with Gasteiger partial charge in [0.1, 0.15) is 6.54 Å². The number of nitrogens with one attached hydrogen (secondary N) is 1. The molecule has 0 saturated heterocycles. The summed E-state index contributed by atoms with van der Waals surface area (Å²) in [6.07, 6.45) is 0.532. The van der Waals surface area contributed by atoms with E-state index in [9.17, 15) is 9.59 Å². The van der Waals surface area contributed by atoms with E-state index < -0.39 is 5.97 Å². The fourth-order valence-corrected chi connectivity index (χ4v) is 2.59. The smallest absolute Gasteiger partial charge is 0.322 e. The second-order valence-electron chi connectivity index (χ2n) is 5.26. The van der Waals surface area contributed by atoms with Gasteiger partial charge in [-0.1, -0.05) is 54.6 Å². The predicted molar refractivity (Wildman–Crippen MR) is 93.6 cm³/mol. The number of carboxylic acid groups (broad SMARTS) is 1. The van der Waals surface area contributed by atoms with Crippen molar-refractivity contribution in [2.24, 2.45) is 5.92 Å². The summed E-state index contributed by atoms with van der Waals surface area (Å²) in [7, 11) is 0. The molecule has 5 heteroatoms. The molecule has 4 nitrogen and oxygen atoms in total. The van der Waals surface area contributed by atoms with Crippen LogP contribution in [0.4, 0.5) is 0 Å². The standard InChI is InChI=1S/C18H19NO3S/c20-17(21)11-19-18(22)16(12-23)10-13-6-8-15(9-7-13)14-4-2-1-3-5-14/h1-9,16,23H,10-12H2,(H,19,22)(H,20,21). The van der Waals surface area contributed by atoms with Crippen molar-refractivity contribution in [1.82, 2.24) is 5.32 Å². The van der Waals surface area contributed by atoms with Gasteiger partial charge in [-0.05, 0) is 23.1 Å². The quantitative estimate of drug-likeness (QED) is 0.684. The molecule has 0 heterocycles. The Balaban J connectivity index is 2.01. The van der Waals surface area contributed by atoms with Gasteiger partial charge < -0.3 is 10.4 Å². The van der Waals surface area contributed by atoms with Gasteiger partial charge in [-0.3, -0.25) is 9.59 Å². The number of benzene rings is 2. The minimum Gasteiger partial charge on any atom is -0.480 e. The van der Waals surface area contributed by atoms with Crippen LogP contribution in [0.2, 0.25) is 0 Å². The first-order valence-corrected chi connectivity index (χ1v) is 7.98. The van der Waals surface area contributed by atoms with Gasteiger partial charge in [0, 0.05) is 5.75 Å². The summed E-state index contributed by atoms with van der Waals surface area (Å²) in [5.74, 6) is -1.32. The van der Waals surface area contributed by atoms with Gasteiger partial charge in [-0.25, -0.2) is 0 Å². The van der Waals surface area contributed by atoms with E-state index in [-0.39, 0.29) is 18.4 Å². The van der Waals surface area contributed by atoms with Crippen LogP contribution in [0.1, 0.15) is 5.56 Å². The zero-order valence-electron chi connectivity index (χ0n) is 12.6. The number of aliphatic carboxylic acids is 1. The molecule has 0 fully saturated rings. The largest absolute Gasteiger partial charge is 0.480 e. The summed E-state index contributed by atoms with van der Waals surface area (Å²) < 4.78 is 0. The molecule has 1 amide bonds. The minimum absolute atomic E-state index is 0.283. The highest BCUT2D eigenvalue weighted by atomic mass is 32.1. The number of amides is 1. The molecular formula is C18H19NO3S. The third-order valence-electron chi connectivity index (χ3n) is 3.55. The Labute approximate surface area is 141 Å². The normalized spacial score (nSPS) is 11.7. The molecule has 0 aromatic heterocycles. The fourth-order valence-electron chi connectivity index (χ4n) is 2.30. The van der Waals surface area contributed by atoms with Crippen LogP contribution < -0.4 is 5.32 Å². The highest BCUT2D eigenvalue weighted by Gasteiger charge is 2.18. The maximum absolute atomic E-state index is 11.9. The third kappa shape index (κ3) is 5.14. The van der Waals surface area contributed by atoms with Crippen LogP contribution in [0.3, 0.4) is 0 Å². The van der Waals surface area contributed by atoms with Crippen molar-refractivity contribution < 1.29 is 14.7 Å². The number of carboxylic acids is 1. The number of hydrogen-bond donors (Lipinski definition) is 3. The summed E-state index contributed by atoms with van der Waals surface area (Å²) in [4.78, 5) is 22.5. The zero-order chi connectivity index (χ0) is 16.7. The van der Waals surface area contributed by atoms with Gasteiger partial charge in [0.2, 0.25) is 5.91 Å². The molecular weight excluding hydrogens is 310 g/mol. The Hall–Kier alpha value is -2.27. The molecule has 2 N–H and O–H groups in total. The number of carbonyl (C=O) groups is 2. The molecule has 0 aliphatic rings. The highest BCUT2D eigenvalue weighted by Crippen LogP contribution is 2.20. The number of hydrogen-bond acceptors (Lipinski definition) is 3. The SMILES string of the molecule is O=C(O)CNC(=O)C(CS)Cc1ccc(-c2ccccc2)cc1. The molecule has 2 aromatic carbocycles. The molecule has 0 bridgehead atoms. The van der Waals surface area contributed by atoms with Crippen LogP contribution in [0, 0.1) is 5.92 Å². The average molecular weight is 329 g/mol. The number of rotatable bonds is 7. The van der Waals surface area contributed by atoms with Crippen LogP contribution in [0.15, 0.2) is 54.6 Å². The summed E-state index contributed by atoms with van der Waals surface area (Å²) >= 11 is 4.20. The lowest BCUT2D eigenvalue weighted by molar-refractivity contribution is -0.138. The number of carbonyl (C=O) groups excluding carboxylic acids is 1. The van der Waals surface area contributed by atoms with Crippen LogP contribution >= 0.6 is 12.6 Å². The third-order valence-corrected chi connectivity index (χ3v) is 3.99. The lowest BCUT2D eigenvalue weighted by atomic mass is 9.97. The van der Waals surface area contributed by atoms with E-state index in [1.54, 1.807) is 0 Å². The van der Waals surface area contributed by atoms with Gasteiger partial charge >= 0.3 is 5.97 Å². The van der Waals surface area contributed by atoms with E-state index in [0.29, 0.717) is 12.2 Å². The zero-order valence-corrected chi connectivity index (χ0v) is 13.5. The van der Waals surface area contributed by atoms with Gasteiger partial charge in [0.15, 0.2) is 0 Å². The first kappa shape index (κ1) is 17.1. The lowest BCUT2D eigenvalue weighted by Crippen LogP contribution is -2.36. The molecule has 23 heavy (non-hydrogen) atoms. The van der Waals surface area contributed by atoms with Crippen LogP contribution in [0.25, 0.3) is 11.1 Å². The summed E-state index contributed by atoms with van der Waals surface area (Å²) in [6.45, 7) is -0.365. The van der Waals surface area contributed by atoms with Crippen molar-refractivity contribution in [1.29, 1.82) is 0 Å².